The second kappa shape index (κ2) is 7.33. The molecule has 21 heavy (non-hydrogen) atoms. The molecular formula is C13H18BrClN6. The lowest BCUT2D eigenvalue weighted by molar-refractivity contribution is 0.365. The van der Waals surface area contributed by atoms with Crippen molar-refractivity contribution in [2.45, 2.75) is 12.6 Å². The van der Waals surface area contributed by atoms with Crippen LogP contribution in [0.1, 0.15) is 17.3 Å². The summed E-state index contributed by atoms with van der Waals surface area (Å²) in [5, 5.41) is 4.84. The molecule has 1 unspecified atom stereocenters. The molecule has 0 radical (unpaired) electrons. The lowest BCUT2D eigenvalue weighted by Gasteiger charge is -2.20. The molecule has 0 aliphatic rings. The topological polar surface area (TPSA) is 72.0 Å². The Kier molecular flexibility index (Phi) is 5.72. The van der Waals surface area contributed by atoms with Crippen LogP contribution in [0.5, 0.6) is 0 Å². The van der Waals surface area contributed by atoms with Crippen molar-refractivity contribution < 1.29 is 0 Å². The molecule has 0 aromatic carbocycles. The molecule has 2 rings (SSSR count). The van der Waals surface area contributed by atoms with Crippen molar-refractivity contribution in [2.24, 2.45) is 5.84 Å². The number of hydrogen-bond acceptors (Lipinski definition) is 5. The summed E-state index contributed by atoms with van der Waals surface area (Å²) in [6.45, 7) is 1.65. The van der Waals surface area contributed by atoms with E-state index in [2.05, 4.69) is 36.3 Å². The van der Waals surface area contributed by atoms with E-state index in [0.717, 1.165) is 28.8 Å². The minimum absolute atomic E-state index is 0.218. The van der Waals surface area contributed by atoms with Gasteiger partial charge in [0, 0.05) is 12.7 Å². The third kappa shape index (κ3) is 4.02. The molecule has 6 nitrogen and oxygen atoms in total. The number of nitrogens with one attached hydrogen (secondary N) is 1. The van der Waals surface area contributed by atoms with Crippen molar-refractivity contribution in [1.29, 1.82) is 0 Å². The van der Waals surface area contributed by atoms with Crippen LogP contribution in [0.3, 0.4) is 0 Å². The van der Waals surface area contributed by atoms with Crippen molar-refractivity contribution >= 4 is 27.5 Å². The number of pyridine rings is 1. The fourth-order valence-corrected chi connectivity index (χ4v) is 2.77. The molecule has 0 fully saturated rings. The molecule has 0 aliphatic carbocycles. The van der Waals surface area contributed by atoms with Crippen LogP contribution in [0.4, 0.5) is 0 Å². The van der Waals surface area contributed by atoms with Crippen LogP contribution in [0, 0.1) is 0 Å². The number of nitrogens with zero attached hydrogens (tertiary/aromatic N) is 4. The second-order valence-electron chi connectivity index (χ2n) is 4.92. The molecule has 1 atom stereocenters. The first kappa shape index (κ1) is 16.4. The minimum Gasteiger partial charge on any atom is -0.308 e. The van der Waals surface area contributed by atoms with Crippen molar-refractivity contribution in [3.63, 3.8) is 0 Å². The van der Waals surface area contributed by atoms with Gasteiger partial charge in [-0.3, -0.25) is 10.5 Å². The van der Waals surface area contributed by atoms with Gasteiger partial charge in [0.05, 0.1) is 29.0 Å². The maximum Gasteiger partial charge on any atom is 0.129 e. The van der Waals surface area contributed by atoms with Gasteiger partial charge in [-0.2, -0.15) is 5.10 Å². The van der Waals surface area contributed by atoms with Crippen LogP contribution < -0.4 is 11.3 Å². The van der Waals surface area contributed by atoms with Gasteiger partial charge in [0.15, 0.2) is 0 Å². The zero-order chi connectivity index (χ0) is 15.4. The fourth-order valence-electron chi connectivity index (χ4n) is 2.06. The first-order chi connectivity index (χ1) is 10.0. The first-order valence-electron chi connectivity index (χ1n) is 6.46. The van der Waals surface area contributed by atoms with Crippen LogP contribution in [-0.4, -0.2) is 40.3 Å². The van der Waals surface area contributed by atoms with E-state index in [-0.39, 0.29) is 6.04 Å². The number of rotatable bonds is 6. The summed E-state index contributed by atoms with van der Waals surface area (Å²) in [7, 11) is 4.05. The molecule has 0 bridgehead atoms. The van der Waals surface area contributed by atoms with Crippen molar-refractivity contribution in [3.05, 3.63) is 45.4 Å². The molecule has 2 aromatic heterocycles. The number of halogens is 2. The number of likely N-dealkylation sites (N-methyl/N-ethyl adjacent to an activating group) is 1. The Labute approximate surface area is 137 Å². The summed E-state index contributed by atoms with van der Waals surface area (Å²) < 4.78 is 2.83. The normalized spacial score (nSPS) is 12.9. The SMILES string of the molecule is CN(C)CCn1ncc(Br)c1C(NN)c1ccnc(Cl)c1. The molecule has 0 aliphatic heterocycles. The highest BCUT2D eigenvalue weighted by molar-refractivity contribution is 9.10. The monoisotopic (exact) mass is 372 g/mol. The fraction of sp³-hybridized carbons (Fsp3) is 0.385. The summed E-state index contributed by atoms with van der Waals surface area (Å²) in [6.07, 6.45) is 3.44. The summed E-state index contributed by atoms with van der Waals surface area (Å²) in [4.78, 5) is 6.10. The number of hydrazine groups is 1. The average molecular weight is 374 g/mol. The van der Waals surface area contributed by atoms with Gasteiger partial charge in [0.25, 0.3) is 0 Å². The molecule has 114 valence electrons. The Hall–Kier alpha value is -0.990. The highest BCUT2D eigenvalue weighted by Crippen LogP contribution is 2.28. The summed E-state index contributed by atoms with van der Waals surface area (Å²) in [5.74, 6) is 5.75. The van der Waals surface area contributed by atoms with Gasteiger partial charge in [-0.05, 0) is 47.7 Å². The number of hydrogen-bond donors (Lipinski definition) is 2. The van der Waals surface area contributed by atoms with Crippen LogP contribution in [0.2, 0.25) is 5.15 Å². The van der Waals surface area contributed by atoms with Crippen LogP contribution in [-0.2, 0) is 6.54 Å². The van der Waals surface area contributed by atoms with Gasteiger partial charge in [-0.15, -0.1) is 0 Å². The van der Waals surface area contributed by atoms with Gasteiger partial charge < -0.3 is 4.90 Å². The zero-order valence-electron chi connectivity index (χ0n) is 11.9. The van der Waals surface area contributed by atoms with Gasteiger partial charge in [-0.25, -0.2) is 10.4 Å². The van der Waals surface area contributed by atoms with Crippen molar-refractivity contribution in [3.8, 4) is 0 Å². The maximum absolute atomic E-state index is 5.97. The van der Waals surface area contributed by atoms with E-state index in [9.17, 15) is 0 Å². The van der Waals surface area contributed by atoms with E-state index in [1.807, 2.05) is 24.8 Å². The molecule has 2 aromatic rings. The largest absolute Gasteiger partial charge is 0.308 e. The Morgan fingerprint density at radius 1 is 1.52 bits per heavy atom. The molecule has 0 saturated heterocycles. The highest BCUT2D eigenvalue weighted by Gasteiger charge is 2.21. The zero-order valence-corrected chi connectivity index (χ0v) is 14.3. The van der Waals surface area contributed by atoms with Crippen molar-refractivity contribution in [2.75, 3.05) is 20.6 Å². The highest BCUT2D eigenvalue weighted by atomic mass is 79.9. The Bertz CT molecular complexity index is 600. The maximum atomic E-state index is 5.97. The molecule has 0 amide bonds. The third-order valence-corrected chi connectivity index (χ3v) is 3.93. The van der Waals surface area contributed by atoms with E-state index >= 15 is 0 Å². The van der Waals surface area contributed by atoms with Crippen LogP contribution in [0.15, 0.2) is 29.0 Å². The minimum atomic E-state index is -0.218. The summed E-state index contributed by atoms with van der Waals surface area (Å²) in [5.41, 5.74) is 4.72. The van der Waals surface area contributed by atoms with E-state index < -0.39 is 0 Å². The molecule has 2 heterocycles. The summed E-state index contributed by atoms with van der Waals surface area (Å²) in [6, 6.07) is 3.46. The summed E-state index contributed by atoms with van der Waals surface area (Å²) >= 11 is 9.51. The molecule has 0 spiro atoms. The Morgan fingerprint density at radius 3 is 2.90 bits per heavy atom. The van der Waals surface area contributed by atoms with E-state index in [4.69, 9.17) is 17.4 Å². The quantitative estimate of drug-likeness (QED) is 0.459. The van der Waals surface area contributed by atoms with E-state index in [0.29, 0.717) is 5.15 Å². The number of aromatic nitrogens is 3. The van der Waals surface area contributed by atoms with Gasteiger partial charge in [0.2, 0.25) is 0 Å². The van der Waals surface area contributed by atoms with Gasteiger partial charge >= 0.3 is 0 Å². The average Bonchev–Trinajstić information content (AvgIpc) is 2.79. The molecule has 8 heteroatoms. The second-order valence-corrected chi connectivity index (χ2v) is 6.16. The predicted octanol–water partition coefficient (Wildman–Crippen LogP) is 1.81. The lowest BCUT2D eigenvalue weighted by Crippen LogP contribution is -2.32. The predicted molar refractivity (Wildman–Crippen MR) is 86.9 cm³/mol. The van der Waals surface area contributed by atoms with Crippen LogP contribution >= 0.6 is 27.5 Å². The molecule has 0 saturated carbocycles. The van der Waals surface area contributed by atoms with Crippen molar-refractivity contribution in [1.82, 2.24) is 25.1 Å². The molecule has 3 N–H and O–H groups in total. The first-order valence-corrected chi connectivity index (χ1v) is 7.63. The third-order valence-electron chi connectivity index (χ3n) is 3.12. The lowest BCUT2D eigenvalue weighted by atomic mass is 10.1. The van der Waals surface area contributed by atoms with E-state index in [1.165, 1.54) is 0 Å². The Balaban J connectivity index is 2.35. The molecular weight excluding hydrogens is 356 g/mol. The van der Waals surface area contributed by atoms with Crippen LogP contribution in [0.25, 0.3) is 0 Å². The standard InChI is InChI=1S/C13H18BrClN6/c1-20(2)5-6-21-13(10(14)8-18-21)12(19-16)9-3-4-17-11(15)7-9/h3-4,7-8,12,19H,5-6,16H2,1-2H3. The Morgan fingerprint density at radius 2 is 2.29 bits per heavy atom. The van der Waals surface area contributed by atoms with Gasteiger partial charge in [-0.1, -0.05) is 11.6 Å². The number of nitrogens with two attached hydrogens (primary N) is 1. The van der Waals surface area contributed by atoms with Gasteiger partial charge in [0.1, 0.15) is 5.15 Å². The van der Waals surface area contributed by atoms with E-state index in [1.54, 1.807) is 18.5 Å². The smallest absolute Gasteiger partial charge is 0.129 e.